The van der Waals surface area contributed by atoms with Crippen molar-refractivity contribution < 1.29 is 4.79 Å². The lowest BCUT2D eigenvalue weighted by Gasteiger charge is -2.23. The second-order valence-corrected chi connectivity index (χ2v) is 5.40. The molecule has 15 heavy (non-hydrogen) atoms. The zero-order valence-electron chi connectivity index (χ0n) is 10.6. The van der Waals surface area contributed by atoms with Crippen LogP contribution in [0.5, 0.6) is 0 Å². The van der Waals surface area contributed by atoms with Crippen LogP contribution in [0.1, 0.15) is 47.0 Å². The summed E-state index contributed by atoms with van der Waals surface area (Å²) in [6.07, 6.45) is 2.50. The Hall–Kier alpha value is -0.570. The van der Waals surface area contributed by atoms with Crippen molar-refractivity contribution in [3.05, 3.63) is 0 Å². The van der Waals surface area contributed by atoms with Crippen LogP contribution in [0, 0.1) is 11.3 Å². The van der Waals surface area contributed by atoms with Gasteiger partial charge >= 0.3 is 0 Å². The molecule has 0 aliphatic rings. The number of carbonyl (C=O) groups is 1. The zero-order valence-corrected chi connectivity index (χ0v) is 10.6. The smallest absolute Gasteiger partial charge is 0.220 e. The Morgan fingerprint density at radius 1 is 1.33 bits per heavy atom. The molecule has 0 aromatic rings. The first-order valence-electron chi connectivity index (χ1n) is 5.84. The number of nitrogens with two attached hydrogens (primary N) is 1. The van der Waals surface area contributed by atoms with Crippen LogP contribution >= 0.6 is 0 Å². The summed E-state index contributed by atoms with van der Waals surface area (Å²) in [5.41, 5.74) is 5.70. The molecule has 3 heteroatoms. The lowest BCUT2D eigenvalue weighted by atomic mass is 9.84. The number of hydrogen-bond acceptors (Lipinski definition) is 2. The maximum Gasteiger partial charge on any atom is 0.220 e. The van der Waals surface area contributed by atoms with Gasteiger partial charge in [0.25, 0.3) is 0 Å². The molecule has 0 aromatic heterocycles. The minimum atomic E-state index is 0.161. The topological polar surface area (TPSA) is 55.1 Å². The van der Waals surface area contributed by atoms with Crippen molar-refractivity contribution in [1.29, 1.82) is 0 Å². The van der Waals surface area contributed by atoms with Crippen LogP contribution in [0.2, 0.25) is 0 Å². The average Bonchev–Trinajstić information content (AvgIpc) is 2.11. The summed E-state index contributed by atoms with van der Waals surface area (Å²) in [5, 5.41) is 2.93. The second kappa shape index (κ2) is 6.83. The van der Waals surface area contributed by atoms with Gasteiger partial charge < -0.3 is 11.1 Å². The predicted molar refractivity (Wildman–Crippen MR) is 64.5 cm³/mol. The van der Waals surface area contributed by atoms with Gasteiger partial charge in [-0.3, -0.25) is 4.79 Å². The number of carbonyl (C=O) groups excluding carboxylic acids is 1. The molecular weight excluding hydrogens is 188 g/mol. The third kappa shape index (κ3) is 8.43. The van der Waals surface area contributed by atoms with Crippen molar-refractivity contribution in [2.24, 2.45) is 17.1 Å². The van der Waals surface area contributed by atoms with Crippen LogP contribution in [0.25, 0.3) is 0 Å². The quantitative estimate of drug-likeness (QED) is 0.680. The number of amides is 1. The fourth-order valence-electron chi connectivity index (χ4n) is 1.37. The van der Waals surface area contributed by atoms with Crippen LogP contribution in [0.3, 0.4) is 0 Å². The van der Waals surface area contributed by atoms with E-state index in [9.17, 15) is 4.79 Å². The highest BCUT2D eigenvalue weighted by atomic mass is 16.1. The Bertz CT molecular complexity index is 188. The molecule has 0 saturated carbocycles. The molecule has 0 saturated heterocycles. The highest BCUT2D eigenvalue weighted by Crippen LogP contribution is 2.25. The van der Waals surface area contributed by atoms with Crippen LogP contribution in [0.15, 0.2) is 0 Å². The highest BCUT2D eigenvalue weighted by molar-refractivity contribution is 5.75. The molecule has 0 aliphatic carbocycles. The predicted octanol–water partition coefficient (Wildman–Crippen LogP) is 1.91. The van der Waals surface area contributed by atoms with Gasteiger partial charge in [-0.25, -0.2) is 0 Å². The van der Waals surface area contributed by atoms with Gasteiger partial charge in [-0.2, -0.15) is 0 Å². The second-order valence-electron chi connectivity index (χ2n) is 5.40. The van der Waals surface area contributed by atoms with Gasteiger partial charge in [-0.05, 0) is 30.7 Å². The number of rotatable bonds is 7. The van der Waals surface area contributed by atoms with E-state index in [0.717, 1.165) is 19.4 Å². The summed E-state index contributed by atoms with van der Waals surface area (Å²) in [5.74, 6) is 0.680. The molecule has 3 nitrogen and oxygen atoms in total. The summed E-state index contributed by atoms with van der Waals surface area (Å²) in [4.78, 5) is 11.5. The molecule has 0 atom stereocenters. The normalized spacial score (nSPS) is 11.9. The summed E-state index contributed by atoms with van der Waals surface area (Å²) >= 11 is 0. The molecule has 90 valence electrons. The summed E-state index contributed by atoms with van der Waals surface area (Å²) in [7, 11) is 0. The lowest BCUT2D eigenvalue weighted by molar-refractivity contribution is -0.121. The Morgan fingerprint density at radius 3 is 2.40 bits per heavy atom. The van der Waals surface area contributed by atoms with E-state index in [1.165, 1.54) is 0 Å². The van der Waals surface area contributed by atoms with Gasteiger partial charge in [0.15, 0.2) is 0 Å². The van der Waals surface area contributed by atoms with E-state index in [1.54, 1.807) is 0 Å². The van der Waals surface area contributed by atoms with Gasteiger partial charge in [0.05, 0.1) is 0 Å². The molecule has 0 fully saturated rings. The molecule has 0 aromatic carbocycles. The highest BCUT2D eigenvalue weighted by Gasteiger charge is 2.18. The van der Waals surface area contributed by atoms with Crippen LogP contribution in [-0.4, -0.2) is 19.0 Å². The Morgan fingerprint density at radius 2 is 1.93 bits per heavy atom. The molecule has 3 N–H and O–H groups in total. The average molecular weight is 214 g/mol. The monoisotopic (exact) mass is 214 g/mol. The van der Waals surface area contributed by atoms with Crippen molar-refractivity contribution in [1.82, 2.24) is 5.32 Å². The third-order valence-corrected chi connectivity index (χ3v) is 2.56. The van der Waals surface area contributed by atoms with E-state index in [1.807, 2.05) is 0 Å². The first-order valence-corrected chi connectivity index (χ1v) is 5.84. The Kier molecular flexibility index (Phi) is 6.57. The van der Waals surface area contributed by atoms with Gasteiger partial charge in [0, 0.05) is 13.0 Å². The fraction of sp³-hybridized carbons (Fsp3) is 0.917. The molecule has 0 radical (unpaired) electrons. The fourth-order valence-corrected chi connectivity index (χ4v) is 1.37. The van der Waals surface area contributed by atoms with Crippen molar-refractivity contribution in [3.8, 4) is 0 Å². The summed E-state index contributed by atoms with van der Waals surface area (Å²) < 4.78 is 0. The molecule has 0 heterocycles. The van der Waals surface area contributed by atoms with Crippen LogP contribution in [-0.2, 0) is 4.79 Å². The Labute approximate surface area is 93.8 Å². The SMILES string of the molecule is CC(C)CNC(=O)CCC(C)(C)CCN. The van der Waals surface area contributed by atoms with Crippen molar-refractivity contribution in [2.75, 3.05) is 13.1 Å². The molecule has 0 aliphatic heterocycles. The minimum absolute atomic E-state index is 0.161. The van der Waals surface area contributed by atoms with Gasteiger partial charge in [0.1, 0.15) is 0 Å². The maximum absolute atomic E-state index is 11.5. The van der Waals surface area contributed by atoms with E-state index in [0.29, 0.717) is 18.9 Å². The minimum Gasteiger partial charge on any atom is -0.356 e. The number of hydrogen-bond donors (Lipinski definition) is 2. The molecule has 0 rings (SSSR count). The van der Waals surface area contributed by atoms with Crippen molar-refractivity contribution in [2.45, 2.75) is 47.0 Å². The first-order chi connectivity index (χ1) is 6.87. The first kappa shape index (κ1) is 14.4. The standard InChI is InChI=1S/C12H26N2O/c1-10(2)9-14-11(15)5-6-12(3,4)7-8-13/h10H,5-9,13H2,1-4H3,(H,14,15). The van der Waals surface area contributed by atoms with E-state index < -0.39 is 0 Å². The van der Waals surface area contributed by atoms with E-state index in [-0.39, 0.29) is 11.3 Å². The van der Waals surface area contributed by atoms with Crippen molar-refractivity contribution in [3.63, 3.8) is 0 Å². The van der Waals surface area contributed by atoms with Crippen LogP contribution < -0.4 is 11.1 Å². The summed E-state index contributed by atoms with van der Waals surface area (Å²) in [6.45, 7) is 9.99. The molecule has 0 unspecified atom stereocenters. The number of nitrogens with one attached hydrogen (secondary N) is 1. The van der Waals surface area contributed by atoms with E-state index in [4.69, 9.17) is 5.73 Å². The zero-order chi connectivity index (χ0) is 11.9. The molecule has 0 bridgehead atoms. The largest absolute Gasteiger partial charge is 0.356 e. The maximum atomic E-state index is 11.5. The van der Waals surface area contributed by atoms with Gasteiger partial charge in [0.2, 0.25) is 5.91 Å². The van der Waals surface area contributed by atoms with E-state index in [2.05, 4.69) is 33.0 Å². The van der Waals surface area contributed by atoms with E-state index >= 15 is 0 Å². The van der Waals surface area contributed by atoms with Crippen LogP contribution in [0.4, 0.5) is 0 Å². The Balaban J connectivity index is 3.70. The van der Waals surface area contributed by atoms with Gasteiger partial charge in [-0.1, -0.05) is 27.7 Å². The van der Waals surface area contributed by atoms with Crippen molar-refractivity contribution >= 4 is 5.91 Å². The molecular formula is C12H26N2O. The molecule has 1 amide bonds. The van der Waals surface area contributed by atoms with Gasteiger partial charge in [-0.15, -0.1) is 0 Å². The third-order valence-electron chi connectivity index (χ3n) is 2.56. The molecule has 0 spiro atoms. The lowest BCUT2D eigenvalue weighted by Crippen LogP contribution is -2.28. The summed E-state index contributed by atoms with van der Waals surface area (Å²) in [6, 6.07) is 0.